The molecular formula is C10H16N4O4. The largest absolute Gasteiger partial charge is 0.480 e. The molecule has 0 fully saturated rings. The van der Waals surface area contributed by atoms with Gasteiger partial charge in [0.05, 0.1) is 6.33 Å². The van der Waals surface area contributed by atoms with Crippen molar-refractivity contribution in [3.05, 3.63) is 18.2 Å². The van der Waals surface area contributed by atoms with E-state index in [1.807, 2.05) is 0 Å². The molecule has 1 heterocycles. The smallest absolute Gasteiger partial charge is 0.324 e. The summed E-state index contributed by atoms with van der Waals surface area (Å²) in [6.45, 7) is 0. The first kappa shape index (κ1) is 14.1. The van der Waals surface area contributed by atoms with Crippen LogP contribution in [0.1, 0.15) is 18.5 Å². The number of hydrogen-bond acceptors (Lipinski definition) is 5. The molecule has 2 atom stereocenters. The molecule has 0 radical (unpaired) electrons. The van der Waals surface area contributed by atoms with Crippen LogP contribution in [-0.4, -0.2) is 43.7 Å². The fourth-order valence-corrected chi connectivity index (χ4v) is 1.53. The van der Waals surface area contributed by atoms with Crippen LogP contribution in [-0.2, 0) is 16.0 Å². The Morgan fingerprint density at radius 3 is 2.61 bits per heavy atom. The normalized spacial score (nSPS) is 15.9. The summed E-state index contributed by atoms with van der Waals surface area (Å²) in [7, 11) is 0. The van der Waals surface area contributed by atoms with Crippen molar-refractivity contribution in [2.45, 2.75) is 30.8 Å². The minimum Gasteiger partial charge on any atom is -0.480 e. The average Bonchev–Trinajstić information content (AvgIpc) is 2.78. The topological polar surface area (TPSA) is 155 Å². The van der Waals surface area contributed by atoms with E-state index in [1.165, 1.54) is 12.5 Å². The molecule has 0 bridgehead atoms. The lowest BCUT2D eigenvalue weighted by atomic mass is 9.88. The monoisotopic (exact) mass is 256 g/mol. The number of aromatic amines is 1. The number of carboxylic acids is 2. The van der Waals surface area contributed by atoms with Crippen LogP contribution < -0.4 is 11.5 Å². The minimum absolute atomic E-state index is 0.00767. The molecule has 0 amide bonds. The molecule has 18 heavy (non-hydrogen) atoms. The number of aliphatic carboxylic acids is 2. The molecule has 0 aliphatic rings. The van der Waals surface area contributed by atoms with Crippen molar-refractivity contribution in [3.8, 4) is 0 Å². The molecule has 0 aliphatic carbocycles. The zero-order valence-electron chi connectivity index (χ0n) is 9.67. The van der Waals surface area contributed by atoms with Crippen LogP contribution in [0, 0.1) is 0 Å². The lowest BCUT2D eigenvalue weighted by Crippen LogP contribution is -2.51. The van der Waals surface area contributed by atoms with Gasteiger partial charge in [-0.25, -0.2) is 4.98 Å². The molecule has 0 aliphatic heterocycles. The highest BCUT2D eigenvalue weighted by Crippen LogP contribution is 2.17. The van der Waals surface area contributed by atoms with Crippen LogP contribution in [0.3, 0.4) is 0 Å². The molecule has 1 aromatic heterocycles. The third kappa shape index (κ3) is 3.54. The number of imidazole rings is 1. The van der Waals surface area contributed by atoms with Gasteiger partial charge in [0.2, 0.25) is 0 Å². The number of rotatable bonds is 7. The molecule has 0 aromatic carbocycles. The van der Waals surface area contributed by atoms with Gasteiger partial charge in [-0.2, -0.15) is 0 Å². The van der Waals surface area contributed by atoms with Crippen molar-refractivity contribution in [2.75, 3.05) is 0 Å². The lowest BCUT2D eigenvalue weighted by Gasteiger charge is -2.24. The second kappa shape index (κ2) is 5.61. The highest BCUT2D eigenvalue weighted by Gasteiger charge is 2.35. The maximum Gasteiger partial charge on any atom is 0.324 e. The predicted octanol–water partition coefficient (Wildman–Crippen LogP) is -1.07. The van der Waals surface area contributed by atoms with E-state index in [9.17, 15) is 9.59 Å². The molecule has 1 aromatic rings. The van der Waals surface area contributed by atoms with Gasteiger partial charge in [-0.05, 0) is 12.8 Å². The molecule has 100 valence electrons. The third-order valence-electron chi connectivity index (χ3n) is 2.71. The van der Waals surface area contributed by atoms with E-state index in [0.717, 1.165) is 0 Å². The number of carboxylic acid groups (broad SMARTS) is 2. The first-order valence-electron chi connectivity index (χ1n) is 5.33. The summed E-state index contributed by atoms with van der Waals surface area (Å²) in [6, 6.07) is -1.12. The van der Waals surface area contributed by atoms with Crippen LogP contribution in [0.15, 0.2) is 12.5 Å². The Labute approximate surface area is 103 Å². The van der Waals surface area contributed by atoms with Crippen LogP contribution >= 0.6 is 0 Å². The summed E-state index contributed by atoms with van der Waals surface area (Å²) in [5.74, 6) is -2.38. The van der Waals surface area contributed by atoms with Gasteiger partial charge in [-0.1, -0.05) is 0 Å². The minimum atomic E-state index is -1.56. The molecular weight excluding hydrogens is 240 g/mol. The molecule has 8 heteroatoms. The summed E-state index contributed by atoms with van der Waals surface area (Å²) < 4.78 is 0. The van der Waals surface area contributed by atoms with Gasteiger partial charge in [0.1, 0.15) is 11.6 Å². The number of nitrogens with two attached hydrogens (primary N) is 2. The van der Waals surface area contributed by atoms with Gasteiger partial charge in [-0.3, -0.25) is 9.59 Å². The highest BCUT2D eigenvalue weighted by molar-refractivity contribution is 5.79. The lowest BCUT2D eigenvalue weighted by molar-refractivity contribution is -0.145. The van der Waals surface area contributed by atoms with Gasteiger partial charge in [0.25, 0.3) is 0 Å². The number of nitrogens with zero attached hydrogens (tertiary/aromatic N) is 1. The molecule has 2 unspecified atom stereocenters. The quantitative estimate of drug-likeness (QED) is 0.415. The number of aromatic nitrogens is 2. The number of hydrogen-bond donors (Lipinski definition) is 5. The summed E-state index contributed by atoms with van der Waals surface area (Å²) >= 11 is 0. The Morgan fingerprint density at radius 2 is 2.17 bits per heavy atom. The number of H-pyrrole nitrogens is 1. The first-order valence-corrected chi connectivity index (χ1v) is 5.33. The van der Waals surface area contributed by atoms with Crippen LogP contribution in [0.5, 0.6) is 0 Å². The number of nitrogens with one attached hydrogen (secondary N) is 1. The summed E-state index contributed by atoms with van der Waals surface area (Å²) in [4.78, 5) is 28.3. The molecule has 7 N–H and O–H groups in total. The van der Waals surface area contributed by atoms with Gasteiger partial charge in [0, 0.05) is 18.3 Å². The predicted molar refractivity (Wildman–Crippen MR) is 61.7 cm³/mol. The van der Waals surface area contributed by atoms with Crippen molar-refractivity contribution < 1.29 is 19.8 Å². The molecule has 0 saturated carbocycles. The standard InChI is InChI=1S/C10H16N4O4/c11-7(8(15)16)1-2-10(12,9(17)18)3-6-4-13-5-14-6/h4-5,7H,1-3,11-12H2,(H,13,14)(H,15,16)(H,17,18). The fourth-order valence-electron chi connectivity index (χ4n) is 1.53. The summed E-state index contributed by atoms with van der Waals surface area (Å²) in [5.41, 5.74) is 10.1. The van der Waals surface area contributed by atoms with Gasteiger partial charge < -0.3 is 26.7 Å². The SMILES string of the molecule is NC(CCC(N)(Cc1cnc[nH]1)C(=O)O)C(=O)O. The molecule has 0 saturated heterocycles. The zero-order valence-corrected chi connectivity index (χ0v) is 9.67. The second-order valence-corrected chi connectivity index (χ2v) is 4.20. The molecule has 8 nitrogen and oxygen atoms in total. The second-order valence-electron chi connectivity index (χ2n) is 4.20. The van der Waals surface area contributed by atoms with E-state index in [-0.39, 0.29) is 19.3 Å². The Kier molecular flexibility index (Phi) is 4.40. The molecule has 1 rings (SSSR count). The highest BCUT2D eigenvalue weighted by atomic mass is 16.4. The number of carbonyl (C=O) groups is 2. The maximum absolute atomic E-state index is 11.2. The van der Waals surface area contributed by atoms with E-state index in [4.69, 9.17) is 21.7 Å². The maximum atomic E-state index is 11.2. The van der Waals surface area contributed by atoms with E-state index in [1.54, 1.807) is 0 Å². The Balaban J connectivity index is 2.69. The van der Waals surface area contributed by atoms with Crippen LogP contribution in [0.25, 0.3) is 0 Å². The van der Waals surface area contributed by atoms with Crippen LogP contribution in [0.4, 0.5) is 0 Å². The Hall–Kier alpha value is -1.93. The average molecular weight is 256 g/mol. The summed E-state index contributed by atoms with van der Waals surface area (Å²) in [6.07, 6.45) is 2.89. The fraction of sp³-hybridized carbons (Fsp3) is 0.500. The van der Waals surface area contributed by atoms with Crippen molar-refractivity contribution >= 4 is 11.9 Å². The van der Waals surface area contributed by atoms with Gasteiger partial charge >= 0.3 is 11.9 Å². The van der Waals surface area contributed by atoms with Crippen LogP contribution in [0.2, 0.25) is 0 Å². The molecule has 0 spiro atoms. The van der Waals surface area contributed by atoms with Crippen molar-refractivity contribution in [2.24, 2.45) is 11.5 Å². The van der Waals surface area contributed by atoms with E-state index in [0.29, 0.717) is 5.69 Å². The first-order chi connectivity index (χ1) is 8.35. The van der Waals surface area contributed by atoms with E-state index >= 15 is 0 Å². The van der Waals surface area contributed by atoms with E-state index in [2.05, 4.69) is 9.97 Å². The zero-order chi connectivity index (χ0) is 13.8. The van der Waals surface area contributed by atoms with Crippen molar-refractivity contribution in [1.29, 1.82) is 0 Å². The van der Waals surface area contributed by atoms with E-state index < -0.39 is 23.5 Å². The van der Waals surface area contributed by atoms with Crippen molar-refractivity contribution in [1.82, 2.24) is 9.97 Å². The van der Waals surface area contributed by atoms with Crippen molar-refractivity contribution in [3.63, 3.8) is 0 Å². The van der Waals surface area contributed by atoms with Gasteiger partial charge in [-0.15, -0.1) is 0 Å². The third-order valence-corrected chi connectivity index (χ3v) is 2.71. The van der Waals surface area contributed by atoms with Gasteiger partial charge in [0.15, 0.2) is 0 Å². The Morgan fingerprint density at radius 1 is 1.50 bits per heavy atom. The Bertz CT molecular complexity index is 420. The summed E-state index contributed by atoms with van der Waals surface area (Å²) in [5, 5.41) is 17.8.